The number of carboxylic acid groups (broad SMARTS) is 2. The second-order valence-corrected chi connectivity index (χ2v) is 4.44. The highest BCUT2D eigenvalue weighted by molar-refractivity contribution is 5.86. The molecule has 1 aliphatic rings. The first-order valence-corrected chi connectivity index (χ1v) is 6.20. The van der Waals surface area contributed by atoms with Gasteiger partial charge in [-0.1, -0.05) is 0 Å². The number of carbonyl (C=O) groups is 3. The van der Waals surface area contributed by atoms with Gasteiger partial charge in [0.25, 0.3) is 0 Å². The number of hydrogen-bond acceptors (Lipinski definition) is 4. The van der Waals surface area contributed by atoms with E-state index in [1.54, 1.807) is 0 Å². The molecule has 1 heterocycles. The van der Waals surface area contributed by atoms with Crippen LogP contribution < -0.4 is 10.6 Å². The normalized spacial score (nSPS) is 16.8. The Bertz CT molecular complexity index is 341. The number of aliphatic carboxylic acids is 2. The van der Waals surface area contributed by atoms with E-state index in [1.165, 1.54) is 0 Å². The van der Waals surface area contributed by atoms with Crippen molar-refractivity contribution < 1.29 is 24.6 Å². The number of urea groups is 1. The summed E-state index contributed by atoms with van der Waals surface area (Å²) < 4.78 is 0. The standard InChI is InChI=1S/C11H19N3O5/c15-9(16)7-8(10(17)18)13-11(19)12-3-6-14-4-1-2-5-14/h8H,1-7H2,(H,15,16)(H,17,18)(H2,12,13,19)/t8-/m1/s1. The quantitative estimate of drug-likeness (QED) is 0.487. The number of rotatable bonds is 7. The van der Waals surface area contributed by atoms with E-state index in [2.05, 4.69) is 15.5 Å². The SMILES string of the molecule is O=C(O)C[C@@H](NC(=O)NCCN1CCCC1)C(=O)O. The van der Waals surface area contributed by atoms with Crippen molar-refractivity contribution in [3.8, 4) is 0 Å². The van der Waals surface area contributed by atoms with Gasteiger partial charge in [0, 0.05) is 13.1 Å². The van der Waals surface area contributed by atoms with Crippen molar-refractivity contribution in [2.24, 2.45) is 0 Å². The number of nitrogens with one attached hydrogen (secondary N) is 2. The lowest BCUT2D eigenvalue weighted by atomic mass is 10.2. The smallest absolute Gasteiger partial charge is 0.326 e. The molecular formula is C11H19N3O5. The van der Waals surface area contributed by atoms with Crippen LogP contribution in [0.5, 0.6) is 0 Å². The van der Waals surface area contributed by atoms with Crippen molar-refractivity contribution in [2.75, 3.05) is 26.2 Å². The van der Waals surface area contributed by atoms with Crippen LogP contribution in [0.25, 0.3) is 0 Å². The fraction of sp³-hybridized carbons (Fsp3) is 0.727. The number of nitrogens with zero attached hydrogens (tertiary/aromatic N) is 1. The van der Waals surface area contributed by atoms with Crippen molar-refractivity contribution in [1.82, 2.24) is 15.5 Å². The molecule has 108 valence electrons. The van der Waals surface area contributed by atoms with Gasteiger partial charge >= 0.3 is 18.0 Å². The zero-order valence-electron chi connectivity index (χ0n) is 10.6. The third kappa shape index (κ3) is 6.05. The van der Waals surface area contributed by atoms with Crippen molar-refractivity contribution in [3.05, 3.63) is 0 Å². The summed E-state index contributed by atoms with van der Waals surface area (Å²) in [5.41, 5.74) is 0. The van der Waals surface area contributed by atoms with Crippen LogP contribution in [0.1, 0.15) is 19.3 Å². The van der Waals surface area contributed by atoms with Gasteiger partial charge in [0.1, 0.15) is 6.04 Å². The molecule has 8 heteroatoms. The van der Waals surface area contributed by atoms with Crippen LogP contribution in [0.4, 0.5) is 4.79 Å². The van der Waals surface area contributed by atoms with E-state index in [0.717, 1.165) is 25.9 Å². The lowest BCUT2D eigenvalue weighted by Gasteiger charge is -2.16. The fourth-order valence-corrected chi connectivity index (χ4v) is 1.92. The van der Waals surface area contributed by atoms with Gasteiger partial charge in [0.2, 0.25) is 0 Å². The molecule has 0 spiro atoms. The predicted octanol–water partition coefficient (Wildman–Crippen LogP) is -0.691. The van der Waals surface area contributed by atoms with Crippen LogP contribution in [0.3, 0.4) is 0 Å². The van der Waals surface area contributed by atoms with E-state index in [1.807, 2.05) is 0 Å². The molecule has 1 rings (SSSR count). The first-order chi connectivity index (χ1) is 8.99. The summed E-state index contributed by atoms with van der Waals surface area (Å²) in [4.78, 5) is 34.8. The first kappa shape index (κ1) is 15.2. The van der Waals surface area contributed by atoms with Crippen molar-refractivity contribution in [2.45, 2.75) is 25.3 Å². The van der Waals surface area contributed by atoms with E-state index in [9.17, 15) is 14.4 Å². The first-order valence-electron chi connectivity index (χ1n) is 6.20. The summed E-state index contributed by atoms with van der Waals surface area (Å²) in [5, 5.41) is 21.9. The molecule has 19 heavy (non-hydrogen) atoms. The molecule has 0 aromatic carbocycles. The molecule has 4 N–H and O–H groups in total. The van der Waals surface area contributed by atoms with Gasteiger partial charge in [-0.05, 0) is 25.9 Å². The predicted molar refractivity (Wildman–Crippen MR) is 65.9 cm³/mol. The minimum atomic E-state index is -1.41. The van der Waals surface area contributed by atoms with E-state index in [0.29, 0.717) is 13.1 Å². The number of amides is 2. The Morgan fingerprint density at radius 3 is 2.32 bits per heavy atom. The minimum absolute atomic E-state index is 0.408. The van der Waals surface area contributed by atoms with E-state index in [-0.39, 0.29) is 0 Å². The summed E-state index contributed by atoms with van der Waals surface area (Å²) in [6, 6.07) is -2.07. The molecule has 8 nitrogen and oxygen atoms in total. The minimum Gasteiger partial charge on any atom is -0.481 e. The van der Waals surface area contributed by atoms with Gasteiger partial charge in [-0.25, -0.2) is 9.59 Å². The maximum atomic E-state index is 11.4. The zero-order valence-corrected chi connectivity index (χ0v) is 10.6. The second kappa shape index (κ2) is 7.57. The molecule has 0 radical (unpaired) electrons. The summed E-state index contributed by atoms with van der Waals surface area (Å²) in [5.74, 6) is -2.64. The Kier molecular flexibility index (Phi) is 6.07. The largest absolute Gasteiger partial charge is 0.481 e. The maximum absolute atomic E-state index is 11.4. The van der Waals surface area contributed by atoms with Crippen LogP contribution in [0, 0.1) is 0 Å². The molecule has 1 saturated heterocycles. The van der Waals surface area contributed by atoms with E-state index < -0.39 is 30.4 Å². The Labute approximate surface area is 110 Å². The Morgan fingerprint density at radius 1 is 1.16 bits per heavy atom. The zero-order chi connectivity index (χ0) is 14.3. The average molecular weight is 273 g/mol. The van der Waals surface area contributed by atoms with Crippen LogP contribution in [0.15, 0.2) is 0 Å². The molecule has 2 amide bonds. The molecule has 1 atom stereocenters. The monoisotopic (exact) mass is 273 g/mol. The molecule has 0 aliphatic carbocycles. The highest BCUT2D eigenvalue weighted by Gasteiger charge is 2.22. The van der Waals surface area contributed by atoms with E-state index in [4.69, 9.17) is 10.2 Å². The molecule has 0 aromatic rings. The average Bonchev–Trinajstić information content (AvgIpc) is 2.80. The third-order valence-electron chi connectivity index (χ3n) is 2.89. The molecule has 0 aromatic heterocycles. The van der Waals surface area contributed by atoms with Crippen molar-refractivity contribution >= 4 is 18.0 Å². The van der Waals surface area contributed by atoms with Crippen LogP contribution in [-0.2, 0) is 9.59 Å². The topological polar surface area (TPSA) is 119 Å². The highest BCUT2D eigenvalue weighted by Crippen LogP contribution is 2.05. The maximum Gasteiger partial charge on any atom is 0.326 e. The summed E-state index contributed by atoms with van der Waals surface area (Å²) in [6.07, 6.45) is 1.67. The Hall–Kier alpha value is -1.83. The van der Waals surface area contributed by atoms with E-state index >= 15 is 0 Å². The number of carboxylic acids is 2. The van der Waals surface area contributed by atoms with Gasteiger partial charge < -0.3 is 25.7 Å². The number of likely N-dealkylation sites (tertiary alicyclic amines) is 1. The highest BCUT2D eigenvalue weighted by atomic mass is 16.4. The van der Waals surface area contributed by atoms with Gasteiger partial charge in [0.05, 0.1) is 6.42 Å². The number of hydrogen-bond donors (Lipinski definition) is 4. The lowest BCUT2D eigenvalue weighted by molar-refractivity contribution is -0.145. The molecule has 0 saturated carbocycles. The molecular weight excluding hydrogens is 254 g/mol. The van der Waals surface area contributed by atoms with Gasteiger partial charge in [-0.15, -0.1) is 0 Å². The number of carbonyl (C=O) groups excluding carboxylic acids is 1. The molecule has 0 bridgehead atoms. The summed E-state index contributed by atoms with van der Waals surface area (Å²) >= 11 is 0. The van der Waals surface area contributed by atoms with Crippen LogP contribution in [-0.4, -0.2) is 65.3 Å². The van der Waals surface area contributed by atoms with Crippen LogP contribution in [0.2, 0.25) is 0 Å². The Balaban J connectivity index is 2.23. The molecule has 1 fully saturated rings. The third-order valence-corrected chi connectivity index (χ3v) is 2.89. The van der Waals surface area contributed by atoms with Gasteiger partial charge in [0.15, 0.2) is 0 Å². The van der Waals surface area contributed by atoms with Crippen molar-refractivity contribution in [1.29, 1.82) is 0 Å². The summed E-state index contributed by atoms with van der Waals surface area (Å²) in [7, 11) is 0. The van der Waals surface area contributed by atoms with Gasteiger partial charge in [-0.2, -0.15) is 0 Å². The fourth-order valence-electron chi connectivity index (χ4n) is 1.92. The molecule has 0 unspecified atom stereocenters. The van der Waals surface area contributed by atoms with Crippen molar-refractivity contribution in [3.63, 3.8) is 0 Å². The Morgan fingerprint density at radius 2 is 1.79 bits per heavy atom. The lowest BCUT2D eigenvalue weighted by Crippen LogP contribution is -2.48. The van der Waals surface area contributed by atoms with Gasteiger partial charge in [-0.3, -0.25) is 4.79 Å². The molecule has 1 aliphatic heterocycles. The second-order valence-electron chi connectivity index (χ2n) is 4.44. The van der Waals surface area contributed by atoms with Crippen LogP contribution >= 0.6 is 0 Å². The summed E-state index contributed by atoms with van der Waals surface area (Å²) in [6.45, 7) is 3.15.